The second-order valence-electron chi connectivity index (χ2n) is 3.93. The fourth-order valence-electron chi connectivity index (χ4n) is 1.81. The normalized spacial score (nSPS) is 21.0. The number of halogens is 1. The summed E-state index contributed by atoms with van der Waals surface area (Å²) in [5.41, 5.74) is 1.22. The Morgan fingerprint density at radius 3 is 2.67 bits per heavy atom. The first-order valence-electron chi connectivity index (χ1n) is 5.45. The van der Waals surface area contributed by atoms with E-state index in [4.69, 9.17) is 11.6 Å². The summed E-state index contributed by atoms with van der Waals surface area (Å²) in [6.07, 6.45) is 12.9. The zero-order valence-corrected chi connectivity index (χ0v) is 9.45. The van der Waals surface area contributed by atoms with Crippen molar-refractivity contribution in [1.82, 2.24) is 0 Å². The Balaban J connectivity index is 2.01. The van der Waals surface area contributed by atoms with Crippen molar-refractivity contribution < 1.29 is 0 Å². The number of benzene rings is 1. The van der Waals surface area contributed by atoms with Crippen LogP contribution in [0.15, 0.2) is 42.5 Å². The van der Waals surface area contributed by atoms with Gasteiger partial charge >= 0.3 is 0 Å². The maximum Gasteiger partial charge on any atom is 0.0406 e. The Bertz CT molecular complexity index is 359. The topological polar surface area (TPSA) is 0 Å². The molecule has 0 nitrogen and oxygen atoms in total. The van der Waals surface area contributed by atoms with Crippen LogP contribution in [0.1, 0.15) is 24.8 Å². The van der Waals surface area contributed by atoms with E-state index in [1.54, 1.807) is 0 Å². The highest BCUT2D eigenvalue weighted by Gasteiger charge is 2.03. The molecule has 1 aromatic carbocycles. The molecule has 0 bridgehead atoms. The largest absolute Gasteiger partial charge is 0.0879 e. The van der Waals surface area contributed by atoms with Crippen LogP contribution in [-0.2, 0) is 0 Å². The van der Waals surface area contributed by atoms with E-state index in [2.05, 4.69) is 24.3 Å². The molecule has 1 unspecified atom stereocenters. The summed E-state index contributed by atoms with van der Waals surface area (Å²) in [5.74, 6) is 0.620. The fraction of sp³-hybridized carbons (Fsp3) is 0.286. The number of allylic oxidation sites excluding steroid dienone is 3. The molecule has 2 rings (SSSR count). The van der Waals surface area contributed by atoms with Crippen LogP contribution in [0.4, 0.5) is 0 Å². The van der Waals surface area contributed by atoms with E-state index in [1.165, 1.54) is 24.8 Å². The minimum atomic E-state index is 0.620. The highest BCUT2D eigenvalue weighted by molar-refractivity contribution is 6.30. The summed E-state index contributed by atoms with van der Waals surface area (Å²) in [6.45, 7) is 0. The van der Waals surface area contributed by atoms with Crippen LogP contribution in [0.3, 0.4) is 0 Å². The fourth-order valence-corrected chi connectivity index (χ4v) is 1.93. The third kappa shape index (κ3) is 3.24. The van der Waals surface area contributed by atoms with Crippen LogP contribution in [0, 0.1) is 5.92 Å². The summed E-state index contributed by atoms with van der Waals surface area (Å²) in [7, 11) is 0. The molecule has 1 heteroatoms. The Morgan fingerprint density at radius 1 is 1.20 bits per heavy atom. The lowest BCUT2D eigenvalue weighted by atomic mass is 9.95. The molecule has 0 aromatic heterocycles. The second-order valence-corrected chi connectivity index (χ2v) is 4.37. The van der Waals surface area contributed by atoms with E-state index in [9.17, 15) is 0 Å². The maximum atomic E-state index is 5.83. The molecule has 78 valence electrons. The Morgan fingerprint density at radius 2 is 2.00 bits per heavy atom. The highest BCUT2D eigenvalue weighted by Crippen LogP contribution is 2.19. The second kappa shape index (κ2) is 5.18. The summed E-state index contributed by atoms with van der Waals surface area (Å²) in [5, 5.41) is 0.796. The first-order valence-corrected chi connectivity index (χ1v) is 5.83. The van der Waals surface area contributed by atoms with E-state index in [0.717, 1.165) is 5.02 Å². The maximum absolute atomic E-state index is 5.83. The molecule has 0 aliphatic heterocycles. The summed E-state index contributed by atoms with van der Waals surface area (Å²) in [4.78, 5) is 0. The van der Waals surface area contributed by atoms with Crippen LogP contribution < -0.4 is 0 Å². The van der Waals surface area contributed by atoms with Gasteiger partial charge in [0.25, 0.3) is 0 Å². The van der Waals surface area contributed by atoms with Gasteiger partial charge in [0.15, 0.2) is 0 Å². The smallest absolute Gasteiger partial charge is 0.0406 e. The molecule has 0 heterocycles. The minimum Gasteiger partial charge on any atom is -0.0879 e. The zero-order valence-electron chi connectivity index (χ0n) is 8.70. The molecule has 0 N–H and O–H groups in total. The van der Waals surface area contributed by atoms with Gasteiger partial charge < -0.3 is 0 Å². The molecule has 0 fully saturated rings. The van der Waals surface area contributed by atoms with Gasteiger partial charge in [-0.1, -0.05) is 48.0 Å². The van der Waals surface area contributed by atoms with Gasteiger partial charge in [-0.05, 0) is 42.9 Å². The van der Waals surface area contributed by atoms with Gasteiger partial charge in [0.05, 0.1) is 0 Å². The standard InChI is InChI=1S/C14H15Cl/c15-14-10-8-13(9-11-14)7-6-12-4-2-1-3-5-12/h2,4,6-12H,1,3,5H2/b7-6+. The van der Waals surface area contributed by atoms with Gasteiger partial charge in [0.1, 0.15) is 0 Å². The Hall–Kier alpha value is -1.01. The average Bonchev–Trinajstić information content (AvgIpc) is 2.30. The summed E-state index contributed by atoms with van der Waals surface area (Å²) < 4.78 is 0. The third-order valence-electron chi connectivity index (χ3n) is 2.70. The molecular weight excluding hydrogens is 204 g/mol. The molecule has 1 aliphatic rings. The first kappa shape index (κ1) is 10.5. The molecule has 0 spiro atoms. The molecule has 0 amide bonds. The van der Waals surface area contributed by atoms with Crippen LogP contribution in [0.5, 0.6) is 0 Å². The number of hydrogen-bond donors (Lipinski definition) is 0. The van der Waals surface area contributed by atoms with Crippen LogP contribution >= 0.6 is 11.6 Å². The van der Waals surface area contributed by atoms with Crippen molar-refractivity contribution in [2.75, 3.05) is 0 Å². The number of hydrogen-bond acceptors (Lipinski definition) is 0. The van der Waals surface area contributed by atoms with Gasteiger partial charge in [-0.25, -0.2) is 0 Å². The predicted molar refractivity (Wildman–Crippen MR) is 67.0 cm³/mol. The average molecular weight is 219 g/mol. The van der Waals surface area contributed by atoms with Crippen LogP contribution in [-0.4, -0.2) is 0 Å². The molecule has 15 heavy (non-hydrogen) atoms. The predicted octanol–water partition coefficient (Wildman–Crippen LogP) is 4.71. The van der Waals surface area contributed by atoms with Gasteiger partial charge in [0, 0.05) is 5.02 Å². The van der Waals surface area contributed by atoms with Gasteiger partial charge in [-0.3, -0.25) is 0 Å². The van der Waals surface area contributed by atoms with Crippen molar-refractivity contribution in [3.63, 3.8) is 0 Å². The quantitative estimate of drug-likeness (QED) is 0.631. The SMILES string of the molecule is Clc1ccc(/C=C/C2C=CCCC2)cc1. The molecule has 0 saturated carbocycles. The Kier molecular flexibility index (Phi) is 3.63. The first-order chi connectivity index (χ1) is 7.34. The zero-order chi connectivity index (χ0) is 10.5. The van der Waals surface area contributed by atoms with Crippen LogP contribution in [0.25, 0.3) is 6.08 Å². The van der Waals surface area contributed by atoms with Crippen molar-refractivity contribution in [2.45, 2.75) is 19.3 Å². The molecule has 1 aromatic rings. The van der Waals surface area contributed by atoms with Crippen LogP contribution in [0.2, 0.25) is 5.02 Å². The van der Waals surface area contributed by atoms with E-state index in [1.807, 2.05) is 24.3 Å². The summed E-state index contributed by atoms with van der Waals surface area (Å²) >= 11 is 5.83. The molecule has 0 saturated heterocycles. The third-order valence-corrected chi connectivity index (χ3v) is 2.95. The van der Waals surface area contributed by atoms with Crippen molar-refractivity contribution >= 4 is 17.7 Å². The van der Waals surface area contributed by atoms with E-state index >= 15 is 0 Å². The van der Waals surface area contributed by atoms with Crippen molar-refractivity contribution in [2.24, 2.45) is 5.92 Å². The van der Waals surface area contributed by atoms with Crippen molar-refractivity contribution in [1.29, 1.82) is 0 Å². The monoisotopic (exact) mass is 218 g/mol. The molecule has 1 atom stereocenters. The van der Waals surface area contributed by atoms with E-state index in [-0.39, 0.29) is 0 Å². The van der Waals surface area contributed by atoms with E-state index < -0.39 is 0 Å². The lowest BCUT2D eigenvalue weighted by Gasteiger charge is -2.11. The highest BCUT2D eigenvalue weighted by atomic mass is 35.5. The van der Waals surface area contributed by atoms with Crippen molar-refractivity contribution in [3.05, 3.63) is 53.1 Å². The minimum absolute atomic E-state index is 0.620. The van der Waals surface area contributed by atoms with Gasteiger partial charge in [-0.15, -0.1) is 0 Å². The summed E-state index contributed by atoms with van der Waals surface area (Å²) in [6, 6.07) is 7.95. The van der Waals surface area contributed by atoms with Gasteiger partial charge in [0.2, 0.25) is 0 Å². The lowest BCUT2D eigenvalue weighted by Crippen LogP contribution is -1.95. The molecular formula is C14H15Cl. The lowest BCUT2D eigenvalue weighted by molar-refractivity contribution is 0.632. The number of rotatable bonds is 2. The van der Waals surface area contributed by atoms with Gasteiger partial charge in [-0.2, -0.15) is 0 Å². The van der Waals surface area contributed by atoms with Crippen molar-refractivity contribution in [3.8, 4) is 0 Å². The Labute approximate surface area is 96.3 Å². The van der Waals surface area contributed by atoms with E-state index in [0.29, 0.717) is 5.92 Å². The molecule has 1 aliphatic carbocycles. The molecule has 0 radical (unpaired) electrons.